The van der Waals surface area contributed by atoms with Crippen LogP contribution in [0.5, 0.6) is 0 Å². The summed E-state index contributed by atoms with van der Waals surface area (Å²) in [6, 6.07) is 12.2. The molecule has 0 bridgehead atoms. The molecule has 0 spiro atoms. The summed E-state index contributed by atoms with van der Waals surface area (Å²) in [4.78, 5) is 14.7. The van der Waals surface area contributed by atoms with Crippen LogP contribution in [0, 0.1) is 10.1 Å². The van der Waals surface area contributed by atoms with Crippen molar-refractivity contribution in [3.05, 3.63) is 68.2 Å². The van der Waals surface area contributed by atoms with Gasteiger partial charge in [-0.25, -0.2) is 4.98 Å². The van der Waals surface area contributed by atoms with Crippen molar-refractivity contribution in [2.24, 2.45) is 0 Å². The van der Waals surface area contributed by atoms with Gasteiger partial charge in [-0.15, -0.1) is 11.3 Å². The Labute approximate surface area is 129 Å². The third kappa shape index (κ3) is 2.94. The van der Waals surface area contributed by atoms with Crippen LogP contribution in [-0.2, 0) is 0 Å². The monoisotopic (exact) mass is 316 g/mol. The molecule has 0 aliphatic rings. The first-order valence-corrected chi connectivity index (χ1v) is 7.30. The molecule has 0 amide bonds. The van der Waals surface area contributed by atoms with E-state index in [0.29, 0.717) is 10.5 Å². The summed E-state index contributed by atoms with van der Waals surface area (Å²) in [5.41, 5.74) is 1.59. The molecule has 0 saturated heterocycles. The first-order chi connectivity index (χ1) is 10.1. The molecule has 0 fully saturated rings. The van der Waals surface area contributed by atoms with E-state index in [1.54, 1.807) is 6.07 Å². The molecule has 0 saturated carbocycles. The standard InChI is InChI=1S/C15H9ClN2O2S/c16-12-4-2-1-3-10(12)5-8-15-17-13-9-11(18(19)20)6-7-14(13)21-15/h1-9H. The minimum Gasteiger partial charge on any atom is -0.258 e. The van der Waals surface area contributed by atoms with Gasteiger partial charge >= 0.3 is 0 Å². The second-order valence-corrected chi connectivity index (χ2v) is 5.79. The number of hydrogen-bond donors (Lipinski definition) is 0. The van der Waals surface area contributed by atoms with Crippen LogP contribution in [0.2, 0.25) is 5.02 Å². The van der Waals surface area contributed by atoms with Crippen molar-refractivity contribution in [2.75, 3.05) is 0 Å². The van der Waals surface area contributed by atoms with Gasteiger partial charge < -0.3 is 0 Å². The SMILES string of the molecule is O=[N+]([O-])c1ccc2sc(C=Cc3ccccc3Cl)nc2c1. The number of non-ortho nitro benzene ring substituents is 1. The first-order valence-electron chi connectivity index (χ1n) is 6.11. The van der Waals surface area contributed by atoms with Crippen LogP contribution >= 0.6 is 22.9 Å². The lowest BCUT2D eigenvalue weighted by Gasteiger charge is -1.94. The zero-order valence-corrected chi connectivity index (χ0v) is 12.3. The number of aromatic nitrogens is 1. The molecule has 104 valence electrons. The molecule has 4 nitrogen and oxygen atoms in total. The van der Waals surface area contributed by atoms with E-state index in [4.69, 9.17) is 11.6 Å². The smallest absolute Gasteiger partial charge is 0.258 e. The van der Waals surface area contributed by atoms with Crippen LogP contribution in [0.4, 0.5) is 5.69 Å². The number of nitro benzene ring substituents is 1. The molecule has 0 unspecified atom stereocenters. The second-order valence-electron chi connectivity index (χ2n) is 4.32. The van der Waals surface area contributed by atoms with Crippen LogP contribution in [0.3, 0.4) is 0 Å². The molecule has 1 heterocycles. The van der Waals surface area contributed by atoms with Gasteiger partial charge in [0.25, 0.3) is 5.69 Å². The predicted molar refractivity (Wildman–Crippen MR) is 86.7 cm³/mol. The third-order valence-corrected chi connectivity index (χ3v) is 4.26. The van der Waals surface area contributed by atoms with Crippen LogP contribution in [0.25, 0.3) is 22.4 Å². The maximum Gasteiger partial charge on any atom is 0.271 e. The maximum absolute atomic E-state index is 10.8. The Morgan fingerprint density at radius 2 is 2.00 bits per heavy atom. The molecule has 0 radical (unpaired) electrons. The number of benzene rings is 2. The molecule has 0 aliphatic heterocycles. The summed E-state index contributed by atoms with van der Waals surface area (Å²) in [5.74, 6) is 0. The average molecular weight is 317 g/mol. The highest BCUT2D eigenvalue weighted by atomic mass is 35.5. The van der Waals surface area contributed by atoms with Crippen molar-refractivity contribution in [3.63, 3.8) is 0 Å². The minimum atomic E-state index is -0.419. The van der Waals surface area contributed by atoms with Crippen molar-refractivity contribution in [2.45, 2.75) is 0 Å². The zero-order chi connectivity index (χ0) is 14.8. The Morgan fingerprint density at radius 1 is 1.19 bits per heavy atom. The molecule has 0 aliphatic carbocycles. The van der Waals surface area contributed by atoms with E-state index in [9.17, 15) is 10.1 Å². The van der Waals surface area contributed by atoms with Crippen molar-refractivity contribution < 1.29 is 4.92 Å². The third-order valence-electron chi connectivity index (χ3n) is 2.91. The number of thiazole rings is 1. The Morgan fingerprint density at radius 3 is 2.76 bits per heavy atom. The highest BCUT2D eigenvalue weighted by molar-refractivity contribution is 7.19. The summed E-state index contributed by atoms with van der Waals surface area (Å²) in [6.07, 6.45) is 3.74. The lowest BCUT2D eigenvalue weighted by molar-refractivity contribution is -0.384. The van der Waals surface area contributed by atoms with Gasteiger partial charge in [-0.05, 0) is 23.8 Å². The summed E-state index contributed by atoms with van der Waals surface area (Å²) in [5, 5.41) is 12.2. The van der Waals surface area contributed by atoms with E-state index in [1.807, 2.05) is 36.4 Å². The Bertz CT molecular complexity index is 858. The molecular formula is C15H9ClN2O2S. The van der Waals surface area contributed by atoms with E-state index in [-0.39, 0.29) is 5.69 Å². The molecular weight excluding hydrogens is 308 g/mol. The fourth-order valence-corrected chi connectivity index (χ4v) is 2.94. The van der Waals surface area contributed by atoms with Crippen LogP contribution in [-0.4, -0.2) is 9.91 Å². The van der Waals surface area contributed by atoms with Crippen molar-refractivity contribution in [1.82, 2.24) is 4.98 Å². The van der Waals surface area contributed by atoms with Gasteiger partial charge in [-0.2, -0.15) is 0 Å². The maximum atomic E-state index is 10.8. The number of fused-ring (bicyclic) bond motifs is 1. The van der Waals surface area contributed by atoms with Crippen LogP contribution in [0.15, 0.2) is 42.5 Å². The molecule has 0 N–H and O–H groups in total. The number of hydrogen-bond acceptors (Lipinski definition) is 4. The Kier molecular flexibility index (Phi) is 3.68. The topological polar surface area (TPSA) is 56.0 Å². The largest absolute Gasteiger partial charge is 0.271 e. The molecule has 1 aromatic heterocycles. The lowest BCUT2D eigenvalue weighted by atomic mass is 10.2. The van der Waals surface area contributed by atoms with Gasteiger partial charge in [-0.3, -0.25) is 10.1 Å². The first kappa shape index (κ1) is 13.7. The van der Waals surface area contributed by atoms with Crippen molar-refractivity contribution >= 4 is 51.0 Å². The second kappa shape index (κ2) is 5.63. The summed E-state index contributed by atoms with van der Waals surface area (Å²) < 4.78 is 0.916. The Hall–Kier alpha value is -2.24. The number of nitrogens with zero attached hydrogens (tertiary/aromatic N) is 2. The molecule has 21 heavy (non-hydrogen) atoms. The highest BCUT2D eigenvalue weighted by Gasteiger charge is 2.09. The highest BCUT2D eigenvalue weighted by Crippen LogP contribution is 2.27. The molecule has 0 atom stereocenters. The van der Waals surface area contributed by atoms with Crippen LogP contribution in [0.1, 0.15) is 10.6 Å². The fourth-order valence-electron chi connectivity index (χ4n) is 1.89. The number of halogens is 1. The van der Waals surface area contributed by atoms with E-state index in [0.717, 1.165) is 15.3 Å². The summed E-state index contributed by atoms with van der Waals surface area (Å²) in [7, 11) is 0. The predicted octanol–water partition coefficient (Wildman–Crippen LogP) is 5.03. The minimum absolute atomic E-state index is 0.0504. The Balaban J connectivity index is 1.95. The van der Waals surface area contributed by atoms with Gasteiger partial charge in [0, 0.05) is 17.2 Å². The summed E-state index contributed by atoms with van der Waals surface area (Å²) in [6.45, 7) is 0. The fraction of sp³-hybridized carbons (Fsp3) is 0. The van der Waals surface area contributed by atoms with Gasteiger partial charge in [0.05, 0.1) is 15.1 Å². The summed E-state index contributed by atoms with van der Waals surface area (Å²) >= 11 is 7.56. The zero-order valence-electron chi connectivity index (χ0n) is 10.7. The lowest BCUT2D eigenvalue weighted by Crippen LogP contribution is -1.86. The van der Waals surface area contributed by atoms with Gasteiger partial charge in [0.15, 0.2) is 0 Å². The quantitative estimate of drug-likeness (QED) is 0.503. The van der Waals surface area contributed by atoms with Crippen molar-refractivity contribution in [1.29, 1.82) is 0 Å². The molecule has 6 heteroatoms. The van der Waals surface area contributed by atoms with E-state index >= 15 is 0 Å². The van der Waals surface area contributed by atoms with Crippen molar-refractivity contribution in [3.8, 4) is 0 Å². The van der Waals surface area contributed by atoms with Crippen LogP contribution < -0.4 is 0 Å². The van der Waals surface area contributed by atoms with Gasteiger partial charge in [0.2, 0.25) is 0 Å². The van der Waals surface area contributed by atoms with E-state index in [1.165, 1.54) is 23.5 Å². The van der Waals surface area contributed by atoms with E-state index < -0.39 is 4.92 Å². The molecule has 3 rings (SSSR count). The van der Waals surface area contributed by atoms with Gasteiger partial charge in [0.1, 0.15) is 5.01 Å². The number of rotatable bonds is 3. The van der Waals surface area contributed by atoms with E-state index in [2.05, 4.69) is 4.98 Å². The normalized spacial score (nSPS) is 11.3. The molecule has 2 aromatic carbocycles. The average Bonchev–Trinajstić information content (AvgIpc) is 2.88. The van der Waals surface area contributed by atoms with Gasteiger partial charge in [-0.1, -0.05) is 35.9 Å². The number of nitro groups is 1. The molecule has 3 aromatic rings.